The molecule has 4 amide bonds. The molecule has 1 aliphatic carbocycles. The van der Waals surface area contributed by atoms with E-state index >= 15 is 0 Å². The molecule has 2 aliphatic heterocycles. The number of rotatable bonds is 5. The summed E-state index contributed by atoms with van der Waals surface area (Å²) < 4.78 is 0. The van der Waals surface area contributed by atoms with Gasteiger partial charge in [0.25, 0.3) is 5.91 Å². The van der Waals surface area contributed by atoms with Gasteiger partial charge in [-0.05, 0) is 37.0 Å². The van der Waals surface area contributed by atoms with E-state index in [1.54, 1.807) is 0 Å². The minimum Gasteiger partial charge on any atom is -0.353 e. The van der Waals surface area contributed by atoms with Crippen LogP contribution < -0.4 is 16.0 Å². The number of carbonyl (C=O) groups excluding carboxylic acids is 3. The Morgan fingerprint density at radius 2 is 1.79 bits per heavy atom. The molecule has 0 aromatic rings. The van der Waals surface area contributed by atoms with E-state index in [0.717, 1.165) is 50.5 Å². The van der Waals surface area contributed by atoms with Crippen molar-refractivity contribution in [2.24, 2.45) is 11.3 Å². The molecule has 0 bridgehead atoms. The summed E-state index contributed by atoms with van der Waals surface area (Å²) in [6.45, 7) is 11.7. The van der Waals surface area contributed by atoms with Crippen LogP contribution in [0.15, 0.2) is 0 Å². The number of hydrogen-bond acceptors (Lipinski definition) is 5. The van der Waals surface area contributed by atoms with Crippen molar-refractivity contribution < 1.29 is 14.4 Å². The zero-order valence-electron chi connectivity index (χ0n) is 17.9. The van der Waals surface area contributed by atoms with Crippen molar-refractivity contribution in [3.63, 3.8) is 0 Å². The Labute approximate surface area is 179 Å². The Morgan fingerprint density at radius 3 is 2.38 bits per heavy atom. The fourth-order valence-electron chi connectivity index (χ4n) is 4.62. The average Bonchev–Trinajstić information content (AvgIpc) is 2.86. The number of carbonyl (C=O) groups is 3. The van der Waals surface area contributed by atoms with Crippen LogP contribution in [0.5, 0.6) is 0 Å². The van der Waals surface area contributed by atoms with E-state index in [0.29, 0.717) is 25.3 Å². The first-order chi connectivity index (χ1) is 13.2. The molecule has 0 aromatic carbocycles. The summed E-state index contributed by atoms with van der Waals surface area (Å²) in [5, 5.41) is 9.03. The summed E-state index contributed by atoms with van der Waals surface area (Å²) in [5.41, 5.74) is -0.600. The highest BCUT2D eigenvalue weighted by atomic mass is 35.5. The third-order valence-corrected chi connectivity index (χ3v) is 6.57. The largest absolute Gasteiger partial charge is 0.353 e. The molecule has 2 saturated heterocycles. The second-order valence-corrected chi connectivity index (χ2v) is 9.49. The normalized spacial score (nSPS) is 28.2. The summed E-state index contributed by atoms with van der Waals surface area (Å²) in [7, 11) is 0. The van der Waals surface area contributed by atoms with E-state index in [-0.39, 0.29) is 36.2 Å². The van der Waals surface area contributed by atoms with Crippen molar-refractivity contribution in [3.8, 4) is 0 Å². The highest BCUT2D eigenvalue weighted by molar-refractivity contribution is 6.09. The first kappa shape index (κ1) is 23.9. The molecule has 0 atom stereocenters. The molecule has 0 unspecified atom stereocenters. The van der Waals surface area contributed by atoms with E-state index in [1.807, 2.05) is 0 Å². The summed E-state index contributed by atoms with van der Waals surface area (Å²) in [6.07, 6.45) is 3.14. The zero-order valence-corrected chi connectivity index (χ0v) is 18.7. The highest BCUT2D eigenvalue weighted by Crippen LogP contribution is 2.43. The third kappa shape index (κ3) is 5.61. The SMILES string of the molecule is CC(C)(C)C1CCC2(CC1)NC(=O)N(CC(=O)NCCN1CCNCC1)C2=O.Cl. The van der Waals surface area contributed by atoms with Gasteiger partial charge in [-0.25, -0.2) is 4.79 Å². The van der Waals surface area contributed by atoms with E-state index in [2.05, 4.69) is 41.6 Å². The van der Waals surface area contributed by atoms with Crippen molar-refractivity contribution in [2.75, 3.05) is 45.8 Å². The molecular weight excluding hydrogens is 394 g/mol. The van der Waals surface area contributed by atoms with Crippen LogP contribution in [-0.4, -0.2) is 79.0 Å². The minimum atomic E-state index is -0.806. The van der Waals surface area contributed by atoms with Crippen LogP contribution in [0.4, 0.5) is 4.79 Å². The lowest BCUT2D eigenvalue weighted by Crippen LogP contribution is -2.51. The van der Waals surface area contributed by atoms with Crippen LogP contribution in [-0.2, 0) is 9.59 Å². The fraction of sp³-hybridized carbons (Fsp3) is 0.850. The van der Waals surface area contributed by atoms with E-state index in [9.17, 15) is 14.4 Å². The number of urea groups is 1. The van der Waals surface area contributed by atoms with Crippen LogP contribution in [0.1, 0.15) is 46.5 Å². The topological polar surface area (TPSA) is 93.8 Å². The maximum absolute atomic E-state index is 13.0. The molecule has 3 fully saturated rings. The summed E-state index contributed by atoms with van der Waals surface area (Å²) in [4.78, 5) is 41.0. The van der Waals surface area contributed by atoms with Crippen LogP contribution >= 0.6 is 12.4 Å². The lowest BCUT2D eigenvalue weighted by molar-refractivity contribution is -0.136. The highest BCUT2D eigenvalue weighted by Gasteiger charge is 2.53. The summed E-state index contributed by atoms with van der Waals surface area (Å²) in [5.74, 6) is 0.0336. The third-order valence-electron chi connectivity index (χ3n) is 6.57. The van der Waals surface area contributed by atoms with Gasteiger partial charge in [-0.15, -0.1) is 12.4 Å². The van der Waals surface area contributed by atoms with Crippen LogP contribution in [0.2, 0.25) is 0 Å². The second kappa shape index (κ2) is 9.62. The maximum atomic E-state index is 13.0. The molecule has 2 heterocycles. The lowest BCUT2D eigenvalue weighted by atomic mass is 9.67. The number of hydrogen-bond donors (Lipinski definition) is 3. The Hall–Kier alpha value is -1.38. The Balaban J connectivity index is 0.00000300. The number of nitrogens with zero attached hydrogens (tertiary/aromatic N) is 2. The van der Waals surface area contributed by atoms with Crippen molar-refractivity contribution in [1.29, 1.82) is 0 Å². The van der Waals surface area contributed by atoms with Gasteiger partial charge in [0.1, 0.15) is 12.1 Å². The van der Waals surface area contributed by atoms with Gasteiger partial charge in [0.2, 0.25) is 5.91 Å². The molecule has 1 spiro atoms. The van der Waals surface area contributed by atoms with Crippen molar-refractivity contribution in [1.82, 2.24) is 25.8 Å². The second-order valence-electron chi connectivity index (χ2n) is 9.49. The molecule has 0 radical (unpaired) electrons. The van der Waals surface area contributed by atoms with Gasteiger partial charge < -0.3 is 16.0 Å². The molecule has 29 heavy (non-hydrogen) atoms. The number of imide groups is 1. The summed E-state index contributed by atoms with van der Waals surface area (Å²) >= 11 is 0. The standard InChI is InChI=1S/C20H35N5O3.ClH/c1-19(2,3)15-4-6-20(7-5-15)17(27)25(18(28)23-20)14-16(26)22-10-13-24-11-8-21-9-12-24;/h15,21H,4-14H2,1-3H3,(H,22,26)(H,23,28);1H. The Kier molecular flexibility index (Phi) is 7.93. The van der Waals surface area contributed by atoms with Crippen molar-refractivity contribution in [2.45, 2.75) is 52.0 Å². The molecule has 3 rings (SSSR count). The van der Waals surface area contributed by atoms with E-state index < -0.39 is 11.6 Å². The van der Waals surface area contributed by atoms with Gasteiger partial charge in [0, 0.05) is 39.3 Å². The van der Waals surface area contributed by atoms with Gasteiger partial charge in [-0.1, -0.05) is 20.8 Å². The molecule has 3 N–H and O–H groups in total. The van der Waals surface area contributed by atoms with Crippen LogP contribution in [0, 0.1) is 11.3 Å². The minimum absolute atomic E-state index is 0. The average molecular weight is 430 g/mol. The van der Waals surface area contributed by atoms with E-state index in [1.165, 1.54) is 0 Å². The molecule has 9 heteroatoms. The Morgan fingerprint density at radius 1 is 1.17 bits per heavy atom. The van der Waals surface area contributed by atoms with E-state index in [4.69, 9.17) is 0 Å². The predicted octanol–water partition coefficient (Wildman–Crippen LogP) is 0.957. The van der Waals surface area contributed by atoms with Crippen molar-refractivity contribution >= 4 is 30.3 Å². The fourth-order valence-corrected chi connectivity index (χ4v) is 4.62. The number of piperazine rings is 1. The Bertz CT molecular complexity index is 608. The molecule has 8 nitrogen and oxygen atoms in total. The van der Waals surface area contributed by atoms with Gasteiger partial charge >= 0.3 is 6.03 Å². The monoisotopic (exact) mass is 429 g/mol. The van der Waals surface area contributed by atoms with Gasteiger partial charge in [0.15, 0.2) is 0 Å². The van der Waals surface area contributed by atoms with Gasteiger partial charge in [0.05, 0.1) is 0 Å². The van der Waals surface area contributed by atoms with Crippen LogP contribution in [0.3, 0.4) is 0 Å². The molecule has 3 aliphatic rings. The first-order valence-electron chi connectivity index (χ1n) is 10.6. The number of amides is 4. The summed E-state index contributed by atoms with van der Waals surface area (Å²) in [6, 6.07) is -0.434. The van der Waals surface area contributed by atoms with Crippen LogP contribution in [0.25, 0.3) is 0 Å². The molecule has 166 valence electrons. The maximum Gasteiger partial charge on any atom is 0.325 e. The van der Waals surface area contributed by atoms with Crippen molar-refractivity contribution in [3.05, 3.63) is 0 Å². The molecular formula is C20H36ClN5O3. The quantitative estimate of drug-likeness (QED) is 0.566. The first-order valence-corrected chi connectivity index (χ1v) is 10.6. The number of nitrogens with one attached hydrogen (secondary N) is 3. The van der Waals surface area contributed by atoms with Gasteiger partial charge in [-0.2, -0.15) is 0 Å². The smallest absolute Gasteiger partial charge is 0.325 e. The number of halogens is 1. The molecule has 0 aromatic heterocycles. The predicted molar refractivity (Wildman–Crippen MR) is 114 cm³/mol. The molecule has 1 saturated carbocycles. The van der Waals surface area contributed by atoms with Gasteiger partial charge in [-0.3, -0.25) is 19.4 Å². The lowest BCUT2D eigenvalue weighted by Gasteiger charge is -2.40. The zero-order chi connectivity index (χ0) is 20.4.